The Bertz CT molecular complexity index is 1010. The van der Waals surface area contributed by atoms with E-state index in [9.17, 15) is 0 Å². The number of aryl methyl sites for hydroxylation is 1. The van der Waals surface area contributed by atoms with Crippen molar-refractivity contribution in [1.82, 2.24) is 0 Å². The van der Waals surface area contributed by atoms with Crippen LogP contribution in [0.1, 0.15) is 55.7 Å². The molecule has 1 aliphatic rings. The fourth-order valence-corrected chi connectivity index (χ4v) is 4.02. The Labute approximate surface area is 192 Å². The molecular formula is C29H33N3. The Morgan fingerprint density at radius 2 is 1.22 bits per heavy atom. The lowest BCUT2D eigenvalue weighted by Gasteiger charge is -2.28. The zero-order valence-electron chi connectivity index (χ0n) is 19.1. The van der Waals surface area contributed by atoms with Gasteiger partial charge in [0, 0.05) is 18.8 Å². The number of piperidine rings is 1. The van der Waals surface area contributed by atoms with Gasteiger partial charge in [-0.3, -0.25) is 0 Å². The average Bonchev–Trinajstić information content (AvgIpc) is 2.87. The number of azo groups is 1. The first-order valence-corrected chi connectivity index (χ1v) is 11.9. The van der Waals surface area contributed by atoms with Crippen molar-refractivity contribution in [1.29, 1.82) is 0 Å². The zero-order valence-corrected chi connectivity index (χ0v) is 19.1. The molecule has 1 aliphatic heterocycles. The van der Waals surface area contributed by atoms with E-state index in [1.54, 1.807) is 0 Å². The summed E-state index contributed by atoms with van der Waals surface area (Å²) in [6.07, 6.45) is 11.9. The molecule has 0 spiro atoms. The average molecular weight is 424 g/mol. The Balaban J connectivity index is 1.32. The van der Waals surface area contributed by atoms with E-state index in [1.165, 1.54) is 55.3 Å². The summed E-state index contributed by atoms with van der Waals surface area (Å²) in [6.45, 7) is 4.55. The van der Waals surface area contributed by atoms with Crippen molar-refractivity contribution in [3.63, 3.8) is 0 Å². The normalized spacial score (nSPS) is 14.5. The van der Waals surface area contributed by atoms with Gasteiger partial charge in [-0.25, -0.2) is 0 Å². The molecule has 4 rings (SSSR count). The van der Waals surface area contributed by atoms with Crippen molar-refractivity contribution >= 4 is 29.2 Å². The molecular weight excluding hydrogens is 390 g/mol. The molecule has 3 heteroatoms. The molecule has 3 aromatic carbocycles. The van der Waals surface area contributed by atoms with Gasteiger partial charge in [-0.2, -0.15) is 10.2 Å². The summed E-state index contributed by atoms with van der Waals surface area (Å²) >= 11 is 0. The van der Waals surface area contributed by atoms with Crippen LogP contribution in [0.4, 0.5) is 17.1 Å². The van der Waals surface area contributed by atoms with Crippen LogP contribution >= 0.6 is 0 Å². The molecule has 3 aromatic rings. The van der Waals surface area contributed by atoms with Gasteiger partial charge in [-0.1, -0.05) is 61.9 Å². The molecule has 0 aromatic heterocycles. The van der Waals surface area contributed by atoms with Gasteiger partial charge < -0.3 is 4.90 Å². The summed E-state index contributed by atoms with van der Waals surface area (Å²) in [5, 5.41) is 8.80. The number of nitrogens with zero attached hydrogens (tertiary/aromatic N) is 3. The largest absolute Gasteiger partial charge is 0.372 e. The third-order valence-corrected chi connectivity index (χ3v) is 6.01. The van der Waals surface area contributed by atoms with Crippen molar-refractivity contribution in [3.8, 4) is 0 Å². The molecule has 0 N–H and O–H groups in total. The van der Waals surface area contributed by atoms with Crippen molar-refractivity contribution in [2.75, 3.05) is 18.0 Å². The van der Waals surface area contributed by atoms with E-state index < -0.39 is 0 Å². The van der Waals surface area contributed by atoms with Crippen LogP contribution in [-0.2, 0) is 6.42 Å². The van der Waals surface area contributed by atoms with Crippen LogP contribution in [-0.4, -0.2) is 13.1 Å². The summed E-state index contributed by atoms with van der Waals surface area (Å²) in [4.78, 5) is 2.46. The highest BCUT2D eigenvalue weighted by Gasteiger charge is 2.10. The number of anilines is 1. The van der Waals surface area contributed by atoms with Gasteiger partial charge in [0.05, 0.1) is 11.4 Å². The summed E-state index contributed by atoms with van der Waals surface area (Å²) in [5.74, 6) is 0. The molecule has 0 aliphatic carbocycles. The molecule has 32 heavy (non-hydrogen) atoms. The standard InChI is InChI=1S/C29H33N3/c1-2-3-7-24-8-10-25(11-9-24)12-13-26-14-16-27(17-15-26)30-31-28-18-20-29(21-19-28)32-22-5-4-6-23-32/h8-21H,2-7,22-23H2,1H3/b13-12+,31-30?. The lowest BCUT2D eigenvalue weighted by Crippen LogP contribution is -2.29. The summed E-state index contributed by atoms with van der Waals surface area (Å²) in [7, 11) is 0. The lowest BCUT2D eigenvalue weighted by atomic mass is 10.1. The molecule has 0 unspecified atom stereocenters. The maximum absolute atomic E-state index is 4.40. The Hall–Kier alpha value is -3.20. The van der Waals surface area contributed by atoms with Crippen molar-refractivity contribution in [2.24, 2.45) is 10.2 Å². The van der Waals surface area contributed by atoms with Gasteiger partial charge in [0.25, 0.3) is 0 Å². The first kappa shape index (κ1) is 22.0. The van der Waals surface area contributed by atoms with Crippen LogP contribution in [0, 0.1) is 0 Å². The predicted octanol–water partition coefficient (Wildman–Crippen LogP) is 8.61. The van der Waals surface area contributed by atoms with E-state index >= 15 is 0 Å². The fraction of sp³-hybridized carbons (Fsp3) is 0.310. The van der Waals surface area contributed by atoms with Gasteiger partial charge in [0.15, 0.2) is 0 Å². The topological polar surface area (TPSA) is 28.0 Å². The zero-order chi connectivity index (χ0) is 22.0. The van der Waals surface area contributed by atoms with Gasteiger partial charge >= 0.3 is 0 Å². The van der Waals surface area contributed by atoms with Crippen molar-refractivity contribution < 1.29 is 0 Å². The van der Waals surface area contributed by atoms with E-state index in [0.717, 1.165) is 30.0 Å². The smallest absolute Gasteiger partial charge is 0.0858 e. The van der Waals surface area contributed by atoms with Crippen LogP contribution in [0.2, 0.25) is 0 Å². The minimum atomic E-state index is 0.863. The molecule has 0 radical (unpaired) electrons. The van der Waals surface area contributed by atoms with Gasteiger partial charge in [-0.05, 0) is 85.2 Å². The second-order valence-corrected chi connectivity index (χ2v) is 8.53. The minimum Gasteiger partial charge on any atom is -0.372 e. The van der Waals surface area contributed by atoms with E-state index in [-0.39, 0.29) is 0 Å². The van der Waals surface area contributed by atoms with Crippen LogP contribution < -0.4 is 4.90 Å². The quantitative estimate of drug-likeness (QED) is 0.263. The van der Waals surface area contributed by atoms with Crippen molar-refractivity contribution in [2.45, 2.75) is 45.4 Å². The Morgan fingerprint density at radius 3 is 1.78 bits per heavy atom. The highest BCUT2D eigenvalue weighted by Crippen LogP contribution is 2.25. The van der Waals surface area contributed by atoms with Crippen LogP contribution in [0.5, 0.6) is 0 Å². The Kier molecular flexibility index (Phi) is 7.86. The number of benzene rings is 3. The molecule has 0 amide bonds. The van der Waals surface area contributed by atoms with E-state index in [1.807, 2.05) is 12.1 Å². The number of hydrogen-bond donors (Lipinski definition) is 0. The molecule has 3 nitrogen and oxygen atoms in total. The highest BCUT2D eigenvalue weighted by molar-refractivity contribution is 5.70. The van der Waals surface area contributed by atoms with Gasteiger partial charge in [-0.15, -0.1) is 0 Å². The first-order valence-electron chi connectivity index (χ1n) is 11.9. The van der Waals surface area contributed by atoms with Crippen molar-refractivity contribution in [3.05, 3.63) is 89.5 Å². The minimum absolute atomic E-state index is 0.863. The summed E-state index contributed by atoms with van der Waals surface area (Å²) in [5.41, 5.74) is 6.83. The molecule has 0 atom stereocenters. The number of unbranched alkanes of at least 4 members (excludes halogenated alkanes) is 1. The highest BCUT2D eigenvalue weighted by atomic mass is 15.1. The first-order chi connectivity index (χ1) is 15.8. The summed E-state index contributed by atoms with van der Waals surface area (Å²) < 4.78 is 0. The van der Waals surface area contributed by atoms with E-state index in [0.29, 0.717) is 0 Å². The Morgan fingerprint density at radius 1 is 0.688 bits per heavy atom. The third-order valence-electron chi connectivity index (χ3n) is 6.01. The van der Waals surface area contributed by atoms with Gasteiger partial charge in [0.1, 0.15) is 0 Å². The van der Waals surface area contributed by atoms with E-state index in [4.69, 9.17) is 0 Å². The van der Waals surface area contributed by atoms with Crippen LogP contribution in [0.15, 0.2) is 83.0 Å². The monoisotopic (exact) mass is 423 g/mol. The van der Waals surface area contributed by atoms with Crippen LogP contribution in [0.3, 0.4) is 0 Å². The molecule has 0 bridgehead atoms. The van der Waals surface area contributed by atoms with E-state index in [2.05, 4.69) is 94.9 Å². The second kappa shape index (κ2) is 11.4. The predicted molar refractivity (Wildman–Crippen MR) is 137 cm³/mol. The lowest BCUT2D eigenvalue weighted by molar-refractivity contribution is 0.578. The van der Waals surface area contributed by atoms with Crippen LogP contribution in [0.25, 0.3) is 12.2 Å². The van der Waals surface area contributed by atoms with Gasteiger partial charge in [0.2, 0.25) is 0 Å². The molecule has 1 saturated heterocycles. The molecule has 1 heterocycles. The number of rotatable bonds is 8. The maximum Gasteiger partial charge on any atom is 0.0858 e. The fourth-order valence-electron chi connectivity index (χ4n) is 4.02. The molecule has 0 saturated carbocycles. The SMILES string of the molecule is CCCCc1ccc(/C=C/c2ccc(N=Nc3ccc(N4CCCCC4)cc3)cc2)cc1. The maximum atomic E-state index is 4.40. The second-order valence-electron chi connectivity index (χ2n) is 8.53. The summed E-state index contributed by atoms with van der Waals surface area (Å²) in [6, 6.07) is 25.5. The number of hydrogen-bond acceptors (Lipinski definition) is 3. The third kappa shape index (κ3) is 6.40. The molecule has 1 fully saturated rings. The molecule has 164 valence electrons.